The average Bonchev–Trinajstić information content (AvgIpc) is 3.19. The number of ether oxygens (including phenoxy) is 1. The number of thiazole rings is 1. The Morgan fingerprint density at radius 1 is 1.26 bits per heavy atom. The molecule has 27 heavy (non-hydrogen) atoms. The van der Waals surface area contributed by atoms with Gasteiger partial charge in [0.15, 0.2) is 0 Å². The lowest BCUT2D eigenvalue weighted by molar-refractivity contribution is -0.119. The molecule has 3 amide bonds. The van der Waals surface area contributed by atoms with Crippen molar-refractivity contribution in [3.63, 3.8) is 0 Å². The monoisotopic (exact) mass is 383 g/mol. The third-order valence-corrected chi connectivity index (χ3v) is 4.29. The third kappa shape index (κ3) is 4.85. The largest absolute Gasteiger partial charge is 0.455 e. The van der Waals surface area contributed by atoms with Crippen LogP contribution in [-0.2, 0) is 4.79 Å². The number of anilines is 1. The van der Waals surface area contributed by atoms with Gasteiger partial charge in [-0.2, -0.15) is 0 Å². The van der Waals surface area contributed by atoms with Crippen molar-refractivity contribution in [2.75, 3.05) is 5.32 Å². The summed E-state index contributed by atoms with van der Waals surface area (Å²) in [7, 11) is 0. The SMILES string of the molecule is CCC(=O)NC(=O)Nc1ccc(Oc2ccnc(-c3cncs3)c2)c(C)n1. The number of hydrogen-bond donors (Lipinski definition) is 2. The highest BCUT2D eigenvalue weighted by atomic mass is 32.1. The fraction of sp³-hybridized carbons (Fsp3) is 0.167. The number of aryl methyl sites for hydroxylation is 1. The number of urea groups is 1. The zero-order valence-corrected chi connectivity index (χ0v) is 15.5. The first-order valence-corrected chi connectivity index (χ1v) is 9.04. The summed E-state index contributed by atoms with van der Waals surface area (Å²) in [5.41, 5.74) is 3.11. The van der Waals surface area contributed by atoms with Crippen LogP contribution in [0, 0.1) is 6.92 Å². The molecule has 138 valence electrons. The molecule has 3 aromatic heterocycles. The van der Waals surface area contributed by atoms with Crippen molar-refractivity contribution in [1.82, 2.24) is 20.3 Å². The van der Waals surface area contributed by atoms with Gasteiger partial charge in [-0.3, -0.25) is 25.4 Å². The van der Waals surface area contributed by atoms with Crippen molar-refractivity contribution in [2.45, 2.75) is 20.3 Å². The molecule has 0 saturated carbocycles. The van der Waals surface area contributed by atoms with Crippen molar-refractivity contribution in [3.05, 3.63) is 47.9 Å². The fourth-order valence-corrected chi connectivity index (χ4v) is 2.76. The lowest BCUT2D eigenvalue weighted by Gasteiger charge is -2.11. The molecule has 0 spiro atoms. The number of carbonyl (C=O) groups is 2. The van der Waals surface area contributed by atoms with Crippen LogP contribution in [-0.4, -0.2) is 26.9 Å². The van der Waals surface area contributed by atoms with Gasteiger partial charge in [0.25, 0.3) is 0 Å². The van der Waals surface area contributed by atoms with Crippen molar-refractivity contribution in [3.8, 4) is 22.1 Å². The standard InChI is InChI=1S/C18H17N5O3S/c1-3-17(24)23-18(25)22-16-5-4-14(11(2)21-16)26-12-6-7-20-13(8-12)15-9-19-10-27-15/h4-10H,3H2,1-2H3,(H2,21,22,23,24,25). The zero-order chi connectivity index (χ0) is 19.2. The number of hydrogen-bond acceptors (Lipinski definition) is 7. The first kappa shape index (κ1) is 18.5. The molecule has 3 heterocycles. The number of amides is 3. The van der Waals surface area contributed by atoms with E-state index in [9.17, 15) is 9.59 Å². The molecule has 9 heteroatoms. The predicted octanol–water partition coefficient (Wildman–Crippen LogP) is 3.76. The maximum Gasteiger partial charge on any atom is 0.327 e. The van der Waals surface area contributed by atoms with Crippen LogP contribution in [0.3, 0.4) is 0 Å². The molecule has 0 aromatic carbocycles. The predicted molar refractivity (Wildman–Crippen MR) is 102 cm³/mol. The summed E-state index contributed by atoms with van der Waals surface area (Å²) >= 11 is 1.50. The van der Waals surface area contributed by atoms with Crippen molar-refractivity contribution >= 4 is 29.1 Å². The summed E-state index contributed by atoms with van der Waals surface area (Å²) in [4.78, 5) is 36.5. The minimum atomic E-state index is -0.620. The number of nitrogens with one attached hydrogen (secondary N) is 2. The molecule has 2 N–H and O–H groups in total. The minimum Gasteiger partial charge on any atom is -0.455 e. The quantitative estimate of drug-likeness (QED) is 0.695. The molecular weight excluding hydrogens is 366 g/mol. The van der Waals surface area contributed by atoms with E-state index in [4.69, 9.17) is 4.74 Å². The van der Waals surface area contributed by atoms with E-state index in [-0.39, 0.29) is 12.3 Å². The number of nitrogens with zero attached hydrogens (tertiary/aromatic N) is 3. The van der Waals surface area contributed by atoms with Gasteiger partial charge in [0.1, 0.15) is 17.3 Å². The van der Waals surface area contributed by atoms with Crippen molar-refractivity contribution in [2.24, 2.45) is 0 Å². The van der Waals surface area contributed by atoms with Crippen LogP contribution < -0.4 is 15.4 Å². The van der Waals surface area contributed by atoms with Crippen molar-refractivity contribution in [1.29, 1.82) is 0 Å². The summed E-state index contributed by atoms with van der Waals surface area (Å²) in [6.07, 6.45) is 3.64. The summed E-state index contributed by atoms with van der Waals surface area (Å²) < 4.78 is 5.89. The molecule has 3 aromatic rings. The van der Waals surface area contributed by atoms with Gasteiger partial charge in [-0.15, -0.1) is 11.3 Å². The van der Waals surface area contributed by atoms with E-state index >= 15 is 0 Å². The summed E-state index contributed by atoms with van der Waals surface area (Å²) in [6.45, 7) is 3.43. The molecule has 0 aliphatic carbocycles. The second-order valence-electron chi connectivity index (χ2n) is 5.48. The normalized spacial score (nSPS) is 10.3. The van der Waals surface area contributed by atoms with Gasteiger partial charge in [-0.05, 0) is 25.1 Å². The Kier molecular flexibility index (Phi) is 5.72. The molecule has 0 radical (unpaired) electrons. The lowest BCUT2D eigenvalue weighted by Crippen LogP contribution is -2.34. The van der Waals surface area contributed by atoms with E-state index in [1.807, 2.05) is 6.07 Å². The second kappa shape index (κ2) is 8.37. The zero-order valence-electron chi connectivity index (χ0n) is 14.7. The molecule has 0 aliphatic rings. The first-order chi connectivity index (χ1) is 13.0. The molecule has 0 saturated heterocycles. The molecule has 0 atom stereocenters. The topological polar surface area (TPSA) is 106 Å². The van der Waals surface area contributed by atoms with Crippen LogP contribution >= 0.6 is 11.3 Å². The van der Waals surface area contributed by atoms with Gasteiger partial charge >= 0.3 is 6.03 Å². The van der Waals surface area contributed by atoms with E-state index in [0.717, 1.165) is 10.6 Å². The highest BCUT2D eigenvalue weighted by Gasteiger charge is 2.10. The van der Waals surface area contributed by atoms with Gasteiger partial charge in [-0.25, -0.2) is 9.78 Å². The van der Waals surface area contributed by atoms with E-state index in [0.29, 0.717) is 23.0 Å². The van der Waals surface area contributed by atoms with Crippen LogP contribution in [0.15, 0.2) is 42.2 Å². The molecular formula is C18H17N5O3S. The number of aromatic nitrogens is 3. The van der Waals surface area contributed by atoms with Gasteiger partial charge in [0.2, 0.25) is 5.91 Å². The van der Waals surface area contributed by atoms with Gasteiger partial charge in [-0.1, -0.05) is 6.92 Å². The average molecular weight is 383 g/mol. The minimum absolute atomic E-state index is 0.224. The van der Waals surface area contributed by atoms with E-state index in [2.05, 4.69) is 25.6 Å². The number of pyridine rings is 2. The Morgan fingerprint density at radius 3 is 2.81 bits per heavy atom. The number of rotatable bonds is 5. The van der Waals surface area contributed by atoms with Crippen molar-refractivity contribution < 1.29 is 14.3 Å². The molecule has 8 nitrogen and oxygen atoms in total. The van der Waals surface area contributed by atoms with Crippen LogP contribution in [0.1, 0.15) is 19.0 Å². The Bertz CT molecular complexity index is 959. The molecule has 0 unspecified atom stereocenters. The number of imide groups is 1. The Morgan fingerprint density at radius 2 is 2.11 bits per heavy atom. The lowest BCUT2D eigenvalue weighted by atomic mass is 10.3. The maximum absolute atomic E-state index is 11.7. The summed E-state index contributed by atoms with van der Waals surface area (Å²) in [5, 5.41) is 4.71. The maximum atomic E-state index is 11.7. The molecule has 0 aliphatic heterocycles. The van der Waals surface area contributed by atoms with Crippen LogP contribution in [0.25, 0.3) is 10.6 Å². The second-order valence-corrected chi connectivity index (χ2v) is 6.37. The highest BCUT2D eigenvalue weighted by Crippen LogP contribution is 2.29. The Hall–Kier alpha value is -3.33. The Balaban J connectivity index is 1.70. The molecule has 3 rings (SSSR count). The first-order valence-electron chi connectivity index (χ1n) is 8.16. The van der Waals surface area contributed by atoms with Crippen LogP contribution in [0.4, 0.5) is 10.6 Å². The van der Waals surface area contributed by atoms with Gasteiger partial charge in [0.05, 0.1) is 21.8 Å². The summed E-state index contributed by atoms with van der Waals surface area (Å²) in [6, 6.07) is 6.25. The van der Waals surface area contributed by atoms with Gasteiger partial charge < -0.3 is 4.74 Å². The fourth-order valence-electron chi connectivity index (χ4n) is 2.17. The smallest absolute Gasteiger partial charge is 0.327 e. The van der Waals surface area contributed by atoms with Gasteiger partial charge in [0, 0.05) is 24.9 Å². The summed E-state index contributed by atoms with van der Waals surface area (Å²) in [5.74, 6) is 1.12. The third-order valence-electron chi connectivity index (χ3n) is 3.50. The molecule has 0 fully saturated rings. The van der Waals surface area contributed by atoms with Crippen LogP contribution in [0.5, 0.6) is 11.5 Å². The molecule has 0 bridgehead atoms. The van der Waals surface area contributed by atoms with Crippen LogP contribution in [0.2, 0.25) is 0 Å². The van der Waals surface area contributed by atoms with E-state index in [1.54, 1.807) is 50.0 Å². The Labute approximate surface area is 159 Å². The van der Waals surface area contributed by atoms with E-state index < -0.39 is 6.03 Å². The number of carbonyl (C=O) groups excluding carboxylic acids is 2. The van der Waals surface area contributed by atoms with E-state index in [1.165, 1.54) is 11.3 Å². The highest BCUT2D eigenvalue weighted by molar-refractivity contribution is 7.13.